The Morgan fingerprint density at radius 3 is 2.52 bits per heavy atom. The smallest absolute Gasteiger partial charge is 0.263 e. The van der Waals surface area contributed by atoms with Gasteiger partial charge in [-0.2, -0.15) is 0 Å². The quantitative estimate of drug-likeness (QED) is 0.226. The first-order valence-corrected chi connectivity index (χ1v) is 11.6. The van der Waals surface area contributed by atoms with Gasteiger partial charge < -0.3 is 4.90 Å². The lowest BCUT2D eigenvalue weighted by Gasteiger charge is -2.17. The highest BCUT2D eigenvalue weighted by molar-refractivity contribution is 7.99. The average Bonchev–Trinajstić information content (AvgIpc) is 3.24. The van der Waals surface area contributed by atoms with Crippen LogP contribution in [-0.4, -0.2) is 28.3 Å². The fourth-order valence-electron chi connectivity index (χ4n) is 3.25. The van der Waals surface area contributed by atoms with Gasteiger partial charge in [-0.1, -0.05) is 66.4 Å². The molecule has 0 spiro atoms. The van der Waals surface area contributed by atoms with Gasteiger partial charge in [-0.15, -0.1) is 17.9 Å². The van der Waals surface area contributed by atoms with Crippen LogP contribution < -0.4 is 10.5 Å². The molecule has 7 heteroatoms. The third kappa shape index (κ3) is 4.33. The summed E-state index contributed by atoms with van der Waals surface area (Å²) in [5, 5.41) is 3.10. The number of carbonyl (C=O) groups is 1. The van der Waals surface area contributed by atoms with Crippen LogP contribution in [0.4, 0.5) is 5.69 Å². The summed E-state index contributed by atoms with van der Waals surface area (Å²) >= 11 is 2.71. The van der Waals surface area contributed by atoms with Crippen LogP contribution in [-0.2, 0) is 11.3 Å². The van der Waals surface area contributed by atoms with Crippen molar-refractivity contribution in [1.82, 2.24) is 9.55 Å². The van der Waals surface area contributed by atoms with Crippen LogP contribution in [0.15, 0.2) is 88.6 Å². The molecule has 0 fully saturated rings. The Labute approximate surface area is 188 Å². The molecular weight excluding hydrogens is 426 g/mol. The van der Waals surface area contributed by atoms with E-state index >= 15 is 0 Å². The van der Waals surface area contributed by atoms with E-state index in [4.69, 9.17) is 4.98 Å². The third-order valence-electron chi connectivity index (χ3n) is 4.90. The van der Waals surface area contributed by atoms with Crippen LogP contribution in [0.1, 0.15) is 0 Å². The van der Waals surface area contributed by atoms with Crippen LogP contribution >= 0.6 is 23.1 Å². The Kier molecular flexibility index (Phi) is 6.34. The number of nitrogens with zero attached hydrogens (tertiary/aromatic N) is 3. The maximum absolute atomic E-state index is 13.4. The lowest BCUT2D eigenvalue weighted by molar-refractivity contribution is -0.115. The van der Waals surface area contributed by atoms with Gasteiger partial charge >= 0.3 is 0 Å². The highest BCUT2D eigenvalue weighted by Gasteiger charge is 2.19. The highest BCUT2D eigenvalue weighted by atomic mass is 32.2. The van der Waals surface area contributed by atoms with Crippen LogP contribution in [0.3, 0.4) is 0 Å². The van der Waals surface area contributed by atoms with E-state index in [0.29, 0.717) is 21.9 Å². The highest BCUT2D eigenvalue weighted by Crippen LogP contribution is 2.32. The van der Waals surface area contributed by atoms with E-state index in [2.05, 4.69) is 6.58 Å². The van der Waals surface area contributed by atoms with Gasteiger partial charge in [0.2, 0.25) is 5.91 Å². The standard InChI is InChI=1S/C24H21N3O2S2/c1-3-14-27-23(29)21-19(17-10-6-4-7-11-17)15-30-22(21)25-24(27)31-16-20(28)26(2)18-12-8-5-9-13-18/h3-13,15H,1,14,16H2,2H3. The molecule has 2 aromatic carbocycles. The molecule has 5 nitrogen and oxygen atoms in total. The predicted octanol–water partition coefficient (Wildman–Crippen LogP) is 5.07. The molecule has 0 aliphatic rings. The Balaban J connectivity index is 1.66. The van der Waals surface area contributed by atoms with Gasteiger partial charge in [0.15, 0.2) is 5.16 Å². The van der Waals surface area contributed by atoms with Crippen molar-refractivity contribution in [3.05, 3.63) is 89.1 Å². The van der Waals surface area contributed by atoms with Crippen molar-refractivity contribution in [3.63, 3.8) is 0 Å². The molecule has 0 aliphatic carbocycles. The molecule has 0 N–H and O–H groups in total. The zero-order chi connectivity index (χ0) is 21.8. The van der Waals surface area contributed by atoms with E-state index in [9.17, 15) is 9.59 Å². The number of anilines is 1. The first-order valence-electron chi connectivity index (χ1n) is 9.73. The second-order valence-electron chi connectivity index (χ2n) is 6.87. The number of thioether (sulfide) groups is 1. The molecule has 0 radical (unpaired) electrons. The largest absolute Gasteiger partial charge is 0.315 e. The minimum absolute atomic E-state index is 0.0631. The van der Waals surface area contributed by atoms with Crippen molar-refractivity contribution >= 4 is 44.9 Å². The molecule has 156 valence electrons. The van der Waals surface area contributed by atoms with Gasteiger partial charge in [-0.3, -0.25) is 14.2 Å². The van der Waals surface area contributed by atoms with Crippen LogP contribution in [0, 0.1) is 0 Å². The summed E-state index contributed by atoms with van der Waals surface area (Å²) in [6, 6.07) is 19.3. The summed E-state index contributed by atoms with van der Waals surface area (Å²) in [6.07, 6.45) is 1.67. The van der Waals surface area contributed by atoms with Gasteiger partial charge in [0.05, 0.1) is 11.1 Å². The summed E-state index contributed by atoms with van der Waals surface area (Å²) in [4.78, 5) is 33.1. The minimum Gasteiger partial charge on any atom is -0.315 e. The van der Waals surface area contributed by atoms with Gasteiger partial charge in [-0.05, 0) is 17.7 Å². The SMILES string of the molecule is C=CCn1c(SCC(=O)N(C)c2ccccc2)nc2scc(-c3ccccc3)c2c1=O. The van der Waals surface area contributed by atoms with Gasteiger partial charge in [0.25, 0.3) is 5.56 Å². The zero-order valence-electron chi connectivity index (χ0n) is 17.0. The normalized spacial score (nSPS) is 10.9. The summed E-state index contributed by atoms with van der Waals surface area (Å²) in [7, 11) is 1.75. The van der Waals surface area contributed by atoms with Crippen molar-refractivity contribution in [2.24, 2.45) is 0 Å². The van der Waals surface area contributed by atoms with Crippen molar-refractivity contribution in [1.29, 1.82) is 0 Å². The lowest BCUT2D eigenvalue weighted by atomic mass is 10.1. The van der Waals surface area contributed by atoms with Crippen LogP contribution in [0.25, 0.3) is 21.3 Å². The number of fused-ring (bicyclic) bond motifs is 1. The summed E-state index contributed by atoms with van der Waals surface area (Å²) < 4.78 is 1.59. The Hall–Kier alpha value is -3.16. The maximum Gasteiger partial charge on any atom is 0.263 e. The molecule has 4 aromatic rings. The number of allylic oxidation sites excluding steroid dienone is 1. The van der Waals surface area contributed by atoms with E-state index < -0.39 is 0 Å². The number of hydrogen-bond donors (Lipinski definition) is 0. The number of amides is 1. The Morgan fingerprint density at radius 2 is 1.84 bits per heavy atom. The number of thiophene rings is 1. The monoisotopic (exact) mass is 447 g/mol. The maximum atomic E-state index is 13.4. The molecule has 2 aromatic heterocycles. The number of benzene rings is 2. The topological polar surface area (TPSA) is 55.2 Å². The molecule has 0 saturated carbocycles. The van der Waals surface area contributed by atoms with E-state index in [-0.39, 0.29) is 17.2 Å². The van der Waals surface area contributed by atoms with E-state index in [1.807, 2.05) is 66.0 Å². The average molecular weight is 448 g/mol. The van der Waals surface area contributed by atoms with Crippen molar-refractivity contribution in [2.45, 2.75) is 11.7 Å². The third-order valence-corrected chi connectivity index (χ3v) is 6.73. The van der Waals surface area contributed by atoms with Gasteiger partial charge in [0.1, 0.15) is 4.83 Å². The Bertz CT molecular complexity index is 1280. The minimum atomic E-state index is -0.114. The summed E-state index contributed by atoms with van der Waals surface area (Å²) in [5.41, 5.74) is 2.58. The van der Waals surface area contributed by atoms with Crippen molar-refractivity contribution < 1.29 is 4.79 Å². The van der Waals surface area contributed by atoms with Crippen molar-refractivity contribution in [3.8, 4) is 11.1 Å². The molecule has 0 atom stereocenters. The molecule has 0 saturated heterocycles. The molecule has 0 unspecified atom stereocenters. The number of carbonyl (C=O) groups excluding carboxylic acids is 1. The van der Waals surface area contributed by atoms with Gasteiger partial charge in [-0.25, -0.2) is 4.98 Å². The van der Waals surface area contributed by atoms with E-state index in [0.717, 1.165) is 16.8 Å². The van der Waals surface area contributed by atoms with E-state index in [1.165, 1.54) is 23.1 Å². The molecule has 0 aliphatic heterocycles. The number of aromatic nitrogens is 2. The lowest BCUT2D eigenvalue weighted by Crippen LogP contribution is -2.28. The van der Waals surface area contributed by atoms with E-state index in [1.54, 1.807) is 22.6 Å². The fraction of sp³-hybridized carbons (Fsp3) is 0.125. The van der Waals surface area contributed by atoms with Crippen LogP contribution in [0.5, 0.6) is 0 Å². The summed E-state index contributed by atoms with van der Waals surface area (Å²) in [5.74, 6) is 0.115. The number of para-hydroxylation sites is 1. The molecule has 1 amide bonds. The van der Waals surface area contributed by atoms with Crippen molar-refractivity contribution in [2.75, 3.05) is 17.7 Å². The molecule has 31 heavy (non-hydrogen) atoms. The number of hydrogen-bond acceptors (Lipinski definition) is 5. The fourth-order valence-corrected chi connectivity index (χ4v) is 5.17. The first-order chi connectivity index (χ1) is 15.1. The molecule has 2 heterocycles. The van der Waals surface area contributed by atoms with Crippen LogP contribution in [0.2, 0.25) is 0 Å². The second-order valence-corrected chi connectivity index (χ2v) is 8.67. The number of rotatable bonds is 7. The first kappa shape index (κ1) is 21.1. The van der Waals surface area contributed by atoms with Gasteiger partial charge in [0, 0.05) is 30.2 Å². The Morgan fingerprint density at radius 1 is 1.16 bits per heavy atom. The molecular formula is C24H21N3O2S2. The predicted molar refractivity (Wildman–Crippen MR) is 130 cm³/mol. The second kappa shape index (κ2) is 9.32. The molecule has 4 rings (SSSR count). The summed E-state index contributed by atoms with van der Waals surface area (Å²) in [6.45, 7) is 4.11. The zero-order valence-corrected chi connectivity index (χ0v) is 18.7. The molecule has 0 bridgehead atoms.